The third kappa shape index (κ3) is 18.9. The average molecular weight is 1270 g/mol. The van der Waals surface area contributed by atoms with E-state index in [0.717, 1.165) is 4.90 Å². The van der Waals surface area contributed by atoms with Crippen LogP contribution >= 0.6 is 12.6 Å². The van der Waals surface area contributed by atoms with Crippen molar-refractivity contribution in [2.75, 3.05) is 112 Å². The Balaban J connectivity index is 0.805. The lowest BCUT2D eigenvalue weighted by molar-refractivity contribution is -0.147. The van der Waals surface area contributed by atoms with Gasteiger partial charge < -0.3 is 75.5 Å². The molecule has 10 amide bonds. The fraction of sp³-hybridized carbons (Fsp3) is 0.569. The van der Waals surface area contributed by atoms with E-state index in [4.69, 9.17) is 28.7 Å². The number of thiol groups is 1. The Morgan fingerprint density at radius 2 is 1.36 bits per heavy atom. The molecule has 3 aromatic rings. The fourth-order valence-electron chi connectivity index (χ4n) is 10.1. The monoisotopic (exact) mass is 1270 g/mol. The van der Waals surface area contributed by atoms with Crippen molar-refractivity contribution in [3.63, 3.8) is 0 Å². The molecule has 0 spiro atoms. The van der Waals surface area contributed by atoms with Crippen molar-refractivity contribution in [2.45, 2.75) is 102 Å². The molecule has 89 heavy (non-hydrogen) atoms. The van der Waals surface area contributed by atoms with E-state index in [1.165, 1.54) is 28.7 Å². The van der Waals surface area contributed by atoms with E-state index in [0.29, 0.717) is 84.0 Å². The van der Waals surface area contributed by atoms with Gasteiger partial charge in [0.05, 0.1) is 127 Å². The van der Waals surface area contributed by atoms with Gasteiger partial charge in [0.25, 0.3) is 5.56 Å². The number of benzene rings is 1. The number of rotatable bonds is 38. The number of aromatic nitrogens is 2. The van der Waals surface area contributed by atoms with E-state index in [2.05, 4.69) is 49.8 Å². The Morgan fingerprint density at radius 1 is 0.787 bits per heavy atom. The van der Waals surface area contributed by atoms with Crippen LogP contribution in [0, 0.1) is 12.7 Å². The zero-order valence-corrected chi connectivity index (χ0v) is 51.1. The Bertz CT molecular complexity index is 3190. The summed E-state index contributed by atoms with van der Waals surface area (Å²) in [6, 6.07) is 1.28. The molecule has 1 fully saturated rings. The molecule has 0 radical (unpaired) electrons. The van der Waals surface area contributed by atoms with Crippen LogP contribution in [-0.2, 0) is 102 Å². The molecule has 8 N–H and O–H groups in total. The highest BCUT2D eigenvalue weighted by Crippen LogP contribution is 2.45. The SMILES string of the molecule is CCC(S)C(=O)N(C=O)CCC(=O)NCCOCCOCCOCCOCCC(=O)NCC(=O)NCC(=O)NCC(=O)NCC(=O)NCC(=O)N1CCC1C(=O)NC1CCc2c(C)c(F)cc3nc4c(c1c23)Cn1c-4cc(C(O)(C=O)CC)c(COC)c1=O. The van der Waals surface area contributed by atoms with Crippen molar-refractivity contribution >= 4 is 89.4 Å². The number of hydrogen-bond donors (Lipinski definition) is 9. The highest BCUT2D eigenvalue weighted by molar-refractivity contribution is 7.81. The number of likely N-dealkylation sites (tertiary alicyclic amines) is 1. The quantitative estimate of drug-likeness (QED) is 0.0130. The number of nitrogens with zero attached hydrogens (tertiary/aromatic N) is 4. The molecular formula is C58H78FN11O18S. The van der Waals surface area contributed by atoms with Crippen molar-refractivity contribution in [2.24, 2.45) is 0 Å². The van der Waals surface area contributed by atoms with Crippen molar-refractivity contribution in [3.8, 4) is 11.4 Å². The molecular weight excluding hydrogens is 1190 g/mol. The van der Waals surface area contributed by atoms with Gasteiger partial charge in [-0.05, 0) is 61.8 Å². The van der Waals surface area contributed by atoms with E-state index in [1.807, 2.05) is 0 Å². The van der Waals surface area contributed by atoms with Crippen LogP contribution in [0.2, 0.25) is 0 Å². The lowest BCUT2D eigenvalue weighted by Crippen LogP contribution is -2.60. The summed E-state index contributed by atoms with van der Waals surface area (Å²) in [5.74, 6) is -5.71. The Labute approximate surface area is 517 Å². The maximum atomic E-state index is 15.5. The lowest BCUT2D eigenvalue weighted by Gasteiger charge is -2.41. The number of ether oxygens (including phenoxy) is 5. The number of halogens is 1. The van der Waals surface area contributed by atoms with Crippen LogP contribution in [0.4, 0.5) is 4.39 Å². The maximum Gasteiger partial charge on any atom is 0.257 e. The summed E-state index contributed by atoms with van der Waals surface area (Å²) in [6.45, 7) is 4.56. The van der Waals surface area contributed by atoms with E-state index >= 15 is 4.39 Å². The lowest BCUT2D eigenvalue weighted by atomic mass is 9.81. The zero-order valence-electron chi connectivity index (χ0n) is 50.2. The molecule has 486 valence electrons. The van der Waals surface area contributed by atoms with Gasteiger partial charge in [-0.15, -0.1) is 0 Å². The first-order chi connectivity index (χ1) is 42.7. The molecule has 4 atom stereocenters. The Morgan fingerprint density at radius 3 is 1.91 bits per heavy atom. The van der Waals surface area contributed by atoms with Gasteiger partial charge in [0.15, 0.2) is 6.29 Å². The van der Waals surface area contributed by atoms with Crippen LogP contribution in [0.3, 0.4) is 0 Å². The normalized spacial score (nSPS) is 15.5. The summed E-state index contributed by atoms with van der Waals surface area (Å²) in [5, 5.41) is 28.8. The van der Waals surface area contributed by atoms with Gasteiger partial charge in [-0.2, -0.15) is 12.6 Å². The van der Waals surface area contributed by atoms with Gasteiger partial charge in [-0.25, -0.2) is 9.37 Å². The molecule has 31 heteroatoms. The first kappa shape index (κ1) is 70.3. The van der Waals surface area contributed by atoms with Gasteiger partial charge in [-0.1, -0.05) is 13.8 Å². The molecule has 1 saturated heterocycles. The Kier molecular flexibility index (Phi) is 27.0. The number of hydrogen-bond acceptors (Lipinski definition) is 20. The molecule has 1 aliphatic carbocycles. The molecule has 3 aliphatic rings. The van der Waals surface area contributed by atoms with Crippen LogP contribution in [-0.4, -0.2) is 214 Å². The van der Waals surface area contributed by atoms with E-state index in [1.54, 1.807) is 20.8 Å². The van der Waals surface area contributed by atoms with Crippen LogP contribution < -0.4 is 42.8 Å². The van der Waals surface area contributed by atoms with Gasteiger partial charge in [-0.3, -0.25) is 62.4 Å². The second kappa shape index (κ2) is 34.2. The van der Waals surface area contributed by atoms with Crippen molar-refractivity contribution in [3.05, 3.63) is 61.7 Å². The summed E-state index contributed by atoms with van der Waals surface area (Å²) in [5.41, 5.74) is 0.909. The number of aldehydes is 1. The van der Waals surface area contributed by atoms with E-state index in [9.17, 15) is 62.6 Å². The number of carbonyl (C=O) groups excluding carboxylic acids is 11. The van der Waals surface area contributed by atoms with E-state index < -0.39 is 114 Å². The minimum atomic E-state index is -2.01. The molecule has 4 unspecified atom stereocenters. The summed E-state index contributed by atoms with van der Waals surface area (Å²) in [6.07, 6.45) is 2.13. The van der Waals surface area contributed by atoms with E-state index in [-0.39, 0.29) is 121 Å². The maximum absolute atomic E-state index is 15.5. The van der Waals surface area contributed by atoms with Crippen LogP contribution in [0.5, 0.6) is 0 Å². The fourth-order valence-corrected chi connectivity index (χ4v) is 10.3. The summed E-state index contributed by atoms with van der Waals surface area (Å²) >= 11 is 4.12. The number of nitrogens with one attached hydrogen (secondary N) is 7. The molecule has 4 heterocycles. The molecule has 29 nitrogen and oxygen atoms in total. The number of aryl methyl sites for hydroxylation is 1. The summed E-state index contributed by atoms with van der Waals surface area (Å²) in [7, 11) is 1.39. The predicted molar refractivity (Wildman–Crippen MR) is 317 cm³/mol. The van der Waals surface area contributed by atoms with Crippen molar-refractivity contribution in [1.82, 2.24) is 56.6 Å². The number of imide groups is 1. The van der Waals surface area contributed by atoms with Gasteiger partial charge in [0, 0.05) is 67.7 Å². The predicted octanol–water partition coefficient (Wildman–Crippen LogP) is -2.24. The molecule has 0 bridgehead atoms. The number of methoxy groups -OCH3 is 1. The van der Waals surface area contributed by atoms with Gasteiger partial charge in [0.1, 0.15) is 17.5 Å². The molecule has 6 rings (SSSR count). The van der Waals surface area contributed by atoms with Crippen LogP contribution in [0.25, 0.3) is 22.3 Å². The average Bonchev–Trinajstić information content (AvgIpc) is 1.75. The topological polar surface area (TPSA) is 380 Å². The first-order valence-corrected chi connectivity index (χ1v) is 29.8. The van der Waals surface area contributed by atoms with Crippen LogP contribution in [0.15, 0.2) is 16.9 Å². The van der Waals surface area contributed by atoms with Crippen LogP contribution in [0.1, 0.15) is 91.8 Å². The number of amides is 10. The summed E-state index contributed by atoms with van der Waals surface area (Å²) in [4.78, 5) is 158. The zero-order chi connectivity index (χ0) is 64.8. The first-order valence-electron chi connectivity index (χ1n) is 29.2. The third-order valence-electron chi connectivity index (χ3n) is 15.2. The van der Waals surface area contributed by atoms with Gasteiger partial charge in [0.2, 0.25) is 59.6 Å². The minimum absolute atomic E-state index is 0.0203. The third-order valence-corrected chi connectivity index (χ3v) is 15.8. The standard InChI is InChI=1S/C58H78FN11O18S/c1-5-44(89)57(82)68(33-72)13-10-45(73)60-12-16-86-18-20-88-22-21-87-19-17-85-15-11-46(74)61-25-47(75)62-26-48(76)63-27-49(77)64-28-50(78)65-29-51(79)69-14-9-42(69)55(80)67-40-8-7-35-34(3)39(59)24-41-52(35)53(40)36-30-70-43(54(36)66-41)23-38(58(83,6-2)32-71)37(31-84-4)56(70)81/h23-24,32-33,40,42,44,83,89H,5-22,25-31H2,1-4H3,(H,60,73)(H,61,74)(H,62,75)(H,63,76)(H,64,77)(H,65,78)(H,67,80). The molecule has 2 aliphatic heterocycles. The number of fused-ring (bicyclic) bond motifs is 4. The highest BCUT2D eigenvalue weighted by atomic mass is 32.1. The minimum Gasteiger partial charge on any atom is -0.380 e. The Hall–Kier alpha value is -7.81. The second-order valence-electron chi connectivity index (χ2n) is 21.1. The molecule has 2 aromatic heterocycles. The highest BCUT2D eigenvalue weighted by Gasteiger charge is 2.42. The largest absolute Gasteiger partial charge is 0.380 e. The summed E-state index contributed by atoms with van der Waals surface area (Å²) < 4.78 is 43.8. The molecule has 0 saturated carbocycles. The number of pyridine rings is 2. The second-order valence-corrected chi connectivity index (χ2v) is 21.7. The smallest absolute Gasteiger partial charge is 0.257 e. The number of aliphatic hydroxyl groups is 1. The van der Waals surface area contributed by atoms with Crippen molar-refractivity contribution < 1.29 is 85.9 Å². The molecule has 1 aromatic carbocycles. The van der Waals surface area contributed by atoms with Crippen molar-refractivity contribution in [1.29, 1.82) is 0 Å². The number of carbonyl (C=O) groups is 11. The van der Waals surface area contributed by atoms with Gasteiger partial charge >= 0.3 is 0 Å².